The zero-order valence-electron chi connectivity index (χ0n) is 17.3. The quantitative estimate of drug-likeness (QED) is 0.600. The monoisotopic (exact) mass is 375 g/mol. The minimum atomic E-state index is 0.309. The minimum absolute atomic E-state index is 0.309. The van der Waals surface area contributed by atoms with Crippen LogP contribution in [0.2, 0.25) is 0 Å². The predicted molar refractivity (Wildman–Crippen MR) is 111 cm³/mol. The molecule has 0 radical (unpaired) electrons. The zero-order valence-corrected chi connectivity index (χ0v) is 17.3. The highest BCUT2D eigenvalue weighted by atomic mass is 16.5. The van der Waals surface area contributed by atoms with Crippen LogP contribution in [0.4, 0.5) is 0 Å². The van der Waals surface area contributed by atoms with Gasteiger partial charge in [-0.2, -0.15) is 0 Å². The van der Waals surface area contributed by atoms with Gasteiger partial charge in [-0.15, -0.1) is 11.8 Å². The third-order valence-electron chi connectivity index (χ3n) is 5.28. The Morgan fingerprint density at radius 3 is 2.19 bits per heavy atom. The van der Waals surface area contributed by atoms with Crippen LogP contribution in [0.25, 0.3) is 0 Å². The maximum absolute atomic E-state index is 5.51. The summed E-state index contributed by atoms with van der Waals surface area (Å²) in [5.41, 5.74) is 0. The summed E-state index contributed by atoms with van der Waals surface area (Å²) in [6.45, 7) is 15.8. The second-order valence-electron chi connectivity index (χ2n) is 7.04. The second kappa shape index (κ2) is 14.0. The maximum Gasteiger partial charge on any atom is 0.0725 e. The number of hydrogen-bond acceptors (Lipinski definition) is 5. The summed E-state index contributed by atoms with van der Waals surface area (Å²) in [6, 6.07) is 0.309. The largest absolute Gasteiger partial charge is 0.379 e. The summed E-state index contributed by atoms with van der Waals surface area (Å²) < 4.78 is 10.9. The smallest absolute Gasteiger partial charge is 0.0725 e. The molecule has 5 nitrogen and oxygen atoms in total. The van der Waals surface area contributed by atoms with Crippen molar-refractivity contribution in [2.24, 2.45) is 0 Å². The van der Waals surface area contributed by atoms with Gasteiger partial charge in [0.2, 0.25) is 0 Å². The normalized spacial score (nSPS) is 19.8. The number of ether oxygens (including phenoxy) is 2. The number of nitrogens with zero attached hydrogens (tertiary/aromatic N) is 3. The summed E-state index contributed by atoms with van der Waals surface area (Å²) >= 11 is 0. The van der Waals surface area contributed by atoms with Crippen molar-refractivity contribution in [1.82, 2.24) is 14.7 Å². The van der Waals surface area contributed by atoms with Crippen molar-refractivity contribution < 1.29 is 9.47 Å². The predicted octanol–water partition coefficient (Wildman–Crippen LogP) is 1.54. The Morgan fingerprint density at radius 2 is 1.52 bits per heavy atom. The first-order valence-corrected chi connectivity index (χ1v) is 10.6. The Bertz CT molecular complexity index is 501. The van der Waals surface area contributed by atoms with Gasteiger partial charge in [-0.3, -0.25) is 9.80 Å². The van der Waals surface area contributed by atoms with Gasteiger partial charge >= 0.3 is 0 Å². The lowest BCUT2D eigenvalue weighted by molar-refractivity contribution is 0.0261. The Kier molecular flexibility index (Phi) is 11.5. The molecule has 2 fully saturated rings. The lowest BCUT2D eigenvalue weighted by Crippen LogP contribution is -2.42. The fourth-order valence-corrected chi connectivity index (χ4v) is 3.40. The highest BCUT2D eigenvalue weighted by molar-refractivity contribution is 5.11. The van der Waals surface area contributed by atoms with E-state index in [1.807, 2.05) is 0 Å². The molecule has 0 amide bonds. The van der Waals surface area contributed by atoms with Crippen LogP contribution in [0, 0.1) is 23.7 Å². The number of rotatable bonds is 8. The molecule has 2 heterocycles. The molecule has 0 aliphatic carbocycles. The number of hydrogen-bond donors (Lipinski definition) is 0. The molecule has 152 valence electrons. The molecule has 0 aromatic heterocycles. The van der Waals surface area contributed by atoms with Gasteiger partial charge in [0.25, 0.3) is 0 Å². The Balaban J connectivity index is 1.77. The molecule has 2 aliphatic rings. The fraction of sp³-hybridized carbons (Fsp3) is 0.818. The van der Waals surface area contributed by atoms with Gasteiger partial charge in [0.05, 0.1) is 39.0 Å². The van der Waals surface area contributed by atoms with E-state index in [1.165, 1.54) is 0 Å². The van der Waals surface area contributed by atoms with Gasteiger partial charge in [0.15, 0.2) is 0 Å². The van der Waals surface area contributed by atoms with Crippen LogP contribution in [-0.4, -0.2) is 99.5 Å². The maximum atomic E-state index is 5.51. The van der Waals surface area contributed by atoms with Crippen LogP contribution in [0.3, 0.4) is 0 Å². The summed E-state index contributed by atoms with van der Waals surface area (Å²) in [5.74, 6) is 13.7. The van der Waals surface area contributed by atoms with E-state index in [4.69, 9.17) is 9.47 Å². The summed E-state index contributed by atoms with van der Waals surface area (Å²) in [6.07, 6.45) is 2.89. The highest BCUT2D eigenvalue weighted by Crippen LogP contribution is 2.09. The minimum Gasteiger partial charge on any atom is -0.379 e. The van der Waals surface area contributed by atoms with E-state index in [0.29, 0.717) is 6.04 Å². The van der Waals surface area contributed by atoms with Crippen LogP contribution in [0.15, 0.2) is 0 Å². The van der Waals surface area contributed by atoms with Crippen molar-refractivity contribution in [1.29, 1.82) is 0 Å². The van der Waals surface area contributed by atoms with Crippen LogP contribution in [-0.2, 0) is 9.47 Å². The molecule has 0 N–H and O–H groups in total. The van der Waals surface area contributed by atoms with Crippen LogP contribution in [0.1, 0.15) is 33.1 Å². The fourth-order valence-electron chi connectivity index (χ4n) is 3.40. The van der Waals surface area contributed by atoms with E-state index in [-0.39, 0.29) is 0 Å². The molecule has 1 atom stereocenters. The van der Waals surface area contributed by atoms with Crippen molar-refractivity contribution in [2.45, 2.75) is 39.2 Å². The van der Waals surface area contributed by atoms with E-state index in [0.717, 1.165) is 98.0 Å². The molecular weight excluding hydrogens is 338 g/mol. The summed E-state index contributed by atoms with van der Waals surface area (Å²) in [4.78, 5) is 7.26. The SMILES string of the molecule is CCN(CC)CCC#CC(CCC#CCN1CCOCC1)N1CCOCC1. The highest BCUT2D eigenvalue weighted by Gasteiger charge is 2.18. The van der Waals surface area contributed by atoms with Crippen LogP contribution >= 0.6 is 0 Å². The van der Waals surface area contributed by atoms with Gasteiger partial charge < -0.3 is 14.4 Å². The van der Waals surface area contributed by atoms with Crippen LogP contribution in [0.5, 0.6) is 0 Å². The molecule has 0 bridgehead atoms. The first-order chi connectivity index (χ1) is 13.3. The lowest BCUT2D eigenvalue weighted by atomic mass is 10.1. The van der Waals surface area contributed by atoms with Crippen molar-refractivity contribution in [3.05, 3.63) is 0 Å². The Hall–Kier alpha value is -1.08. The van der Waals surface area contributed by atoms with Gasteiger partial charge in [0.1, 0.15) is 0 Å². The molecule has 0 aromatic rings. The third kappa shape index (κ3) is 9.10. The molecule has 0 aromatic carbocycles. The molecule has 5 heteroatoms. The van der Waals surface area contributed by atoms with Gasteiger partial charge in [-0.1, -0.05) is 25.7 Å². The molecule has 1 unspecified atom stereocenters. The van der Waals surface area contributed by atoms with Crippen molar-refractivity contribution >= 4 is 0 Å². The Labute approximate surface area is 166 Å². The molecule has 0 spiro atoms. The molecule has 27 heavy (non-hydrogen) atoms. The average molecular weight is 376 g/mol. The Morgan fingerprint density at radius 1 is 0.852 bits per heavy atom. The molecule has 2 rings (SSSR count). The molecular formula is C22H37N3O2. The van der Waals surface area contributed by atoms with Gasteiger partial charge in [-0.25, -0.2) is 0 Å². The molecule has 2 aliphatic heterocycles. The van der Waals surface area contributed by atoms with Gasteiger partial charge in [0, 0.05) is 45.6 Å². The standard InChI is InChI=1S/C22H37N3O2/c1-3-23(4-2)12-9-7-11-22(25-16-20-27-21-17-25)10-6-5-8-13-24-14-18-26-19-15-24/h22H,3-4,6,9-10,12-21H2,1-2H3. The topological polar surface area (TPSA) is 28.2 Å². The third-order valence-corrected chi connectivity index (χ3v) is 5.28. The van der Waals surface area contributed by atoms with Crippen LogP contribution < -0.4 is 0 Å². The zero-order chi connectivity index (χ0) is 19.2. The van der Waals surface area contributed by atoms with E-state index in [9.17, 15) is 0 Å². The van der Waals surface area contributed by atoms with E-state index >= 15 is 0 Å². The van der Waals surface area contributed by atoms with Crippen molar-refractivity contribution in [2.75, 3.05) is 78.8 Å². The van der Waals surface area contributed by atoms with Crippen molar-refractivity contribution in [3.63, 3.8) is 0 Å². The van der Waals surface area contributed by atoms with E-state index < -0.39 is 0 Å². The first kappa shape index (κ1) is 22.2. The molecule has 0 saturated carbocycles. The summed E-state index contributed by atoms with van der Waals surface area (Å²) in [7, 11) is 0. The summed E-state index contributed by atoms with van der Waals surface area (Å²) in [5, 5.41) is 0. The lowest BCUT2D eigenvalue weighted by Gasteiger charge is -2.31. The van der Waals surface area contributed by atoms with E-state index in [2.05, 4.69) is 52.2 Å². The van der Waals surface area contributed by atoms with Crippen molar-refractivity contribution in [3.8, 4) is 23.7 Å². The van der Waals surface area contributed by atoms with Gasteiger partial charge in [-0.05, 0) is 19.5 Å². The van der Waals surface area contributed by atoms with E-state index in [1.54, 1.807) is 0 Å². The average Bonchev–Trinajstić information content (AvgIpc) is 2.73. The number of morpholine rings is 2. The molecule has 2 saturated heterocycles. The first-order valence-electron chi connectivity index (χ1n) is 10.6. The second-order valence-corrected chi connectivity index (χ2v) is 7.04.